The first-order valence-corrected chi connectivity index (χ1v) is 8.02. The van der Waals surface area contributed by atoms with Crippen molar-refractivity contribution in [2.24, 2.45) is 5.92 Å². The van der Waals surface area contributed by atoms with Gasteiger partial charge in [0.2, 0.25) is 5.88 Å². The Morgan fingerprint density at radius 3 is 2.50 bits per heavy atom. The van der Waals surface area contributed by atoms with Gasteiger partial charge in [-0.15, -0.1) is 0 Å². The van der Waals surface area contributed by atoms with Gasteiger partial charge in [0.25, 0.3) is 5.91 Å². The van der Waals surface area contributed by atoms with Gasteiger partial charge in [0, 0.05) is 18.3 Å². The topological polar surface area (TPSA) is 71.5 Å². The number of carbonyl (C=O) groups excluding carboxylic acids is 1. The minimum Gasteiger partial charge on any atom is -0.481 e. The van der Waals surface area contributed by atoms with Gasteiger partial charge in [-0.2, -0.15) is 0 Å². The van der Waals surface area contributed by atoms with E-state index in [9.17, 15) is 23.1 Å². The summed E-state index contributed by atoms with van der Waals surface area (Å²) in [7, 11) is 1.47. The molecule has 0 aliphatic heterocycles. The summed E-state index contributed by atoms with van der Waals surface area (Å²) in [6.45, 7) is 0. The zero-order valence-corrected chi connectivity index (χ0v) is 13.9. The van der Waals surface area contributed by atoms with E-state index in [2.05, 4.69) is 10.3 Å². The fourth-order valence-corrected chi connectivity index (χ4v) is 2.99. The van der Waals surface area contributed by atoms with E-state index in [0.717, 1.165) is 0 Å². The third kappa shape index (κ3) is 3.65. The summed E-state index contributed by atoms with van der Waals surface area (Å²) in [6.07, 6.45) is 1.95. The van der Waals surface area contributed by atoms with Crippen LogP contribution in [-0.2, 0) is 0 Å². The number of halogens is 3. The molecule has 1 aromatic carbocycles. The van der Waals surface area contributed by atoms with Crippen molar-refractivity contribution in [1.82, 2.24) is 10.3 Å². The Labute approximate surface area is 147 Å². The predicted octanol–water partition coefficient (Wildman–Crippen LogP) is 2.75. The predicted molar refractivity (Wildman–Crippen MR) is 86.0 cm³/mol. The third-order valence-corrected chi connectivity index (χ3v) is 4.49. The number of amides is 1. The van der Waals surface area contributed by atoms with E-state index in [1.807, 2.05) is 0 Å². The molecule has 1 heterocycles. The van der Waals surface area contributed by atoms with Gasteiger partial charge in [-0.25, -0.2) is 18.2 Å². The number of aromatic nitrogens is 1. The smallest absolute Gasteiger partial charge is 0.254 e. The number of aliphatic hydroxyl groups is 1. The van der Waals surface area contributed by atoms with E-state index in [4.69, 9.17) is 4.74 Å². The summed E-state index contributed by atoms with van der Waals surface area (Å²) in [4.78, 5) is 16.5. The summed E-state index contributed by atoms with van der Waals surface area (Å²) >= 11 is 0. The van der Waals surface area contributed by atoms with Crippen molar-refractivity contribution >= 4 is 5.91 Å². The van der Waals surface area contributed by atoms with Crippen LogP contribution in [0.2, 0.25) is 0 Å². The lowest BCUT2D eigenvalue weighted by Gasteiger charge is -2.38. The molecule has 1 fully saturated rings. The molecule has 0 unspecified atom stereocenters. The highest BCUT2D eigenvalue weighted by atomic mass is 19.2. The summed E-state index contributed by atoms with van der Waals surface area (Å²) < 4.78 is 45.3. The number of nitrogens with zero attached hydrogens (tertiary/aromatic N) is 1. The molecule has 3 rings (SSSR count). The van der Waals surface area contributed by atoms with E-state index in [-0.39, 0.29) is 5.92 Å². The van der Waals surface area contributed by atoms with Gasteiger partial charge in [0.15, 0.2) is 11.6 Å². The molecule has 1 atom stereocenters. The van der Waals surface area contributed by atoms with E-state index in [0.29, 0.717) is 36.4 Å². The number of benzene rings is 1. The quantitative estimate of drug-likeness (QED) is 0.799. The number of aliphatic hydroxyl groups excluding tert-OH is 1. The molecule has 0 bridgehead atoms. The minimum atomic E-state index is -1.36. The van der Waals surface area contributed by atoms with E-state index in [1.165, 1.54) is 13.3 Å². The van der Waals surface area contributed by atoms with Crippen LogP contribution in [0.25, 0.3) is 0 Å². The first kappa shape index (κ1) is 18.2. The standard InChI is InChI=1S/C18H17F3N2O3/c1-26-16-3-2-9(8-22-16)17(10-4-11(24)5-10)23-18(25)12-6-14(20)15(21)7-13(12)19/h2-3,6-8,10-11,17,24H,4-5H2,1H3,(H,23,25)/t10?,11?,17-/m0/s1. The molecule has 0 saturated heterocycles. The van der Waals surface area contributed by atoms with Crippen molar-refractivity contribution in [2.45, 2.75) is 25.0 Å². The molecule has 1 saturated carbocycles. The van der Waals surface area contributed by atoms with E-state index >= 15 is 0 Å². The molecular formula is C18H17F3N2O3. The SMILES string of the molecule is COc1ccc([C@H](NC(=O)c2cc(F)c(F)cc2F)C2CC(O)C2)cn1. The lowest BCUT2D eigenvalue weighted by molar-refractivity contribution is 0.0234. The first-order valence-electron chi connectivity index (χ1n) is 8.02. The average Bonchev–Trinajstić information content (AvgIpc) is 2.60. The maximum atomic E-state index is 13.9. The van der Waals surface area contributed by atoms with Crippen LogP contribution < -0.4 is 10.1 Å². The molecule has 2 N–H and O–H groups in total. The molecule has 138 valence electrons. The summed E-state index contributed by atoms with van der Waals surface area (Å²) in [6, 6.07) is 3.61. The number of pyridine rings is 1. The maximum Gasteiger partial charge on any atom is 0.254 e. The van der Waals surface area contributed by atoms with Gasteiger partial charge in [-0.05, 0) is 30.4 Å². The zero-order valence-electron chi connectivity index (χ0n) is 13.9. The number of hydrogen-bond acceptors (Lipinski definition) is 4. The highest BCUT2D eigenvalue weighted by Crippen LogP contribution is 2.38. The van der Waals surface area contributed by atoms with Gasteiger partial charge in [0.1, 0.15) is 5.82 Å². The lowest BCUT2D eigenvalue weighted by atomic mass is 9.75. The van der Waals surface area contributed by atoms with Crippen molar-refractivity contribution in [3.8, 4) is 5.88 Å². The van der Waals surface area contributed by atoms with Crippen LogP contribution in [0.4, 0.5) is 13.2 Å². The van der Waals surface area contributed by atoms with Gasteiger partial charge in [-0.3, -0.25) is 4.79 Å². The van der Waals surface area contributed by atoms with E-state index in [1.54, 1.807) is 12.1 Å². The minimum absolute atomic E-state index is 0.0856. The zero-order chi connectivity index (χ0) is 18.8. The van der Waals surface area contributed by atoms with Crippen molar-refractivity contribution in [1.29, 1.82) is 0 Å². The van der Waals surface area contributed by atoms with Crippen LogP contribution in [0.1, 0.15) is 34.8 Å². The molecule has 2 aromatic rings. The Kier molecular flexibility index (Phi) is 5.13. The number of methoxy groups -OCH3 is 1. The number of hydrogen-bond donors (Lipinski definition) is 2. The van der Waals surface area contributed by atoms with Gasteiger partial charge >= 0.3 is 0 Å². The Hall–Kier alpha value is -2.61. The van der Waals surface area contributed by atoms with Gasteiger partial charge < -0.3 is 15.2 Å². The van der Waals surface area contributed by atoms with Crippen LogP contribution >= 0.6 is 0 Å². The first-order chi connectivity index (χ1) is 12.4. The second kappa shape index (κ2) is 7.33. The van der Waals surface area contributed by atoms with E-state index < -0.39 is 41.1 Å². The second-order valence-electron chi connectivity index (χ2n) is 6.22. The number of rotatable bonds is 5. The van der Waals surface area contributed by atoms with Gasteiger partial charge in [-0.1, -0.05) is 6.07 Å². The molecule has 5 nitrogen and oxygen atoms in total. The van der Waals surface area contributed by atoms with Crippen molar-refractivity contribution in [3.63, 3.8) is 0 Å². The molecular weight excluding hydrogens is 349 g/mol. The third-order valence-electron chi connectivity index (χ3n) is 4.49. The van der Waals surface area contributed by atoms with Crippen molar-refractivity contribution in [2.75, 3.05) is 7.11 Å². The largest absolute Gasteiger partial charge is 0.481 e. The molecule has 1 aliphatic rings. The van der Waals surface area contributed by atoms with Crippen LogP contribution in [0, 0.1) is 23.4 Å². The molecule has 8 heteroatoms. The van der Waals surface area contributed by atoms with Gasteiger partial charge in [0.05, 0.1) is 24.8 Å². The Morgan fingerprint density at radius 2 is 1.92 bits per heavy atom. The Morgan fingerprint density at radius 1 is 1.23 bits per heavy atom. The van der Waals surface area contributed by atoms with Crippen LogP contribution in [0.3, 0.4) is 0 Å². The average molecular weight is 366 g/mol. The summed E-state index contributed by atoms with van der Waals surface area (Å²) in [5.41, 5.74) is 0.0503. The lowest BCUT2D eigenvalue weighted by Crippen LogP contribution is -2.41. The molecule has 0 radical (unpaired) electrons. The Balaban J connectivity index is 1.85. The summed E-state index contributed by atoms with van der Waals surface area (Å²) in [5, 5.41) is 12.2. The van der Waals surface area contributed by atoms with Crippen LogP contribution in [0.5, 0.6) is 5.88 Å². The fraction of sp³-hybridized carbons (Fsp3) is 0.333. The molecule has 26 heavy (non-hydrogen) atoms. The molecule has 1 aliphatic carbocycles. The second-order valence-corrected chi connectivity index (χ2v) is 6.22. The molecule has 1 aromatic heterocycles. The Bertz CT molecular complexity index is 808. The number of ether oxygens (including phenoxy) is 1. The highest BCUT2D eigenvalue weighted by molar-refractivity contribution is 5.94. The number of carbonyl (C=O) groups is 1. The molecule has 0 spiro atoms. The highest BCUT2D eigenvalue weighted by Gasteiger charge is 2.36. The normalized spacial score (nSPS) is 20.2. The maximum absolute atomic E-state index is 13.9. The molecule has 1 amide bonds. The van der Waals surface area contributed by atoms with Crippen LogP contribution in [0.15, 0.2) is 30.5 Å². The van der Waals surface area contributed by atoms with Crippen LogP contribution in [-0.4, -0.2) is 29.2 Å². The monoisotopic (exact) mass is 366 g/mol. The fourth-order valence-electron chi connectivity index (χ4n) is 2.99. The summed E-state index contributed by atoms with van der Waals surface area (Å²) in [5.74, 6) is -4.39. The van der Waals surface area contributed by atoms with Crippen molar-refractivity contribution in [3.05, 3.63) is 59.0 Å². The van der Waals surface area contributed by atoms with Crippen molar-refractivity contribution < 1.29 is 27.8 Å². The number of nitrogens with one attached hydrogen (secondary N) is 1.